The molecule has 0 spiro atoms. The third kappa shape index (κ3) is 5.84. The topological polar surface area (TPSA) is 119 Å². The average Bonchev–Trinajstić information content (AvgIpc) is 2.55. The van der Waals surface area contributed by atoms with Crippen LogP contribution >= 0.6 is 11.6 Å². The van der Waals surface area contributed by atoms with Gasteiger partial charge in [0.1, 0.15) is 0 Å². The van der Waals surface area contributed by atoms with E-state index in [2.05, 4.69) is 4.84 Å². The Kier molecular flexibility index (Phi) is 7.58. The van der Waals surface area contributed by atoms with Crippen LogP contribution in [0.4, 0.5) is 10.5 Å². The Morgan fingerprint density at radius 2 is 2.14 bits per heavy atom. The van der Waals surface area contributed by atoms with Gasteiger partial charge in [0.05, 0.1) is 17.6 Å². The zero-order chi connectivity index (χ0) is 16.5. The highest BCUT2D eigenvalue weighted by Crippen LogP contribution is 2.13. The number of hydrogen-bond donors (Lipinski definition) is 2. The number of carboxylic acid groups (broad SMARTS) is 1. The Balaban J connectivity index is 0.000000220. The van der Waals surface area contributed by atoms with Crippen molar-refractivity contribution in [1.82, 2.24) is 4.90 Å². The molecule has 0 aromatic heterocycles. The van der Waals surface area contributed by atoms with Crippen LogP contribution in [-0.2, 0) is 10.7 Å². The fourth-order valence-corrected chi connectivity index (χ4v) is 2.11. The summed E-state index contributed by atoms with van der Waals surface area (Å²) in [6, 6.07) is 6.17. The van der Waals surface area contributed by atoms with Gasteiger partial charge in [-0.15, -0.1) is 11.6 Å². The van der Waals surface area contributed by atoms with Gasteiger partial charge in [-0.05, 0) is 18.4 Å². The molecule has 0 aliphatic carbocycles. The van der Waals surface area contributed by atoms with E-state index >= 15 is 0 Å². The quantitative estimate of drug-likeness (QED) is 0.498. The average molecular weight is 332 g/mol. The Hall–Kier alpha value is -1.90. The van der Waals surface area contributed by atoms with Crippen LogP contribution in [0.15, 0.2) is 24.3 Å². The van der Waals surface area contributed by atoms with Gasteiger partial charge in [0, 0.05) is 24.6 Å². The lowest BCUT2D eigenvalue weighted by molar-refractivity contribution is -0.384. The molecule has 1 amide bonds. The van der Waals surface area contributed by atoms with Crippen LogP contribution in [0.5, 0.6) is 0 Å². The summed E-state index contributed by atoms with van der Waals surface area (Å²) in [5.74, 6) is 5.33. The van der Waals surface area contributed by atoms with E-state index in [4.69, 9.17) is 22.6 Å². The summed E-state index contributed by atoms with van der Waals surface area (Å²) in [6.45, 7) is 0.987. The standard InChI is InChI=1S/C7H6ClNO2.C6H12N2O3/c8-5-6-1-3-7(4-2-6)9(10)11;7-11-5-2-1-3-8(4-5)6(9)10/h1-4H,5H2;5H,1-4,7H2,(H,9,10)/t;5-/m.1/s1. The summed E-state index contributed by atoms with van der Waals surface area (Å²) in [4.78, 5) is 26.1. The number of nitrogens with two attached hydrogens (primary N) is 1. The molecule has 0 bridgehead atoms. The van der Waals surface area contributed by atoms with Crippen LogP contribution in [0, 0.1) is 10.1 Å². The third-order valence-corrected chi connectivity index (χ3v) is 3.45. The van der Waals surface area contributed by atoms with E-state index in [1.807, 2.05) is 0 Å². The number of likely N-dealkylation sites (tertiary alicyclic amines) is 1. The van der Waals surface area contributed by atoms with Gasteiger partial charge >= 0.3 is 6.09 Å². The molecule has 22 heavy (non-hydrogen) atoms. The number of hydrogen-bond acceptors (Lipinski definition) is 5. The van der Waals surface area contributed by atoms with Crippen molar-refractivity contribution in [2.75, 3.05) is 13.1 Å². The van der Waals surface area contributed by atoms with Crippen molar-refractivity contribution >= 4 is 23.4 Å². The molecular weight excluding hydrogens is 314 g/mol. The number of carbonyl (C=O) groups is 1. The predicted octanol–water partition coefficient (Wildman–Crippen LogP) is 2.35. The van der Waals surface area contributed by atoms with Gasteiger partial charge in [0.15, 0.2) is 0 Å². The number of piperidine rings is 1. The molecule has 1 aromatic rings. The van der Waals surface area contributed by atoms with Gasteiger partial charge in [0.25, 0.3) is 5.69 Å². The molecule has 122 valence electrons. The zero-order valence-electron chi connectivity index (χ0n) is 11.9. The predicted molar refractivity (Wildman–Crippen MR) is 80.5 cm³/mol. The monoisotopic (exact) mass is 331 g/mol. The largest absolute Gasteiger partial charge is 0.465 e. The van der Waals surface area contributed by atoms with Crippen molar-refractivity contribution in [2.45, 2.75) is 24.8 Å². The molecule has 9 heteroatoms. The van der Waals surface area contributed by atoms with Crippen molar-refractivity contribution in [3.05, 3.63) is 39.9 Å². The van der Waals surface area contributed by atoms with Gasteiger partial charge in [-0.3, -0.25) is 15.0 Å². The highest BCUT2D eigenvalue weighted by molar-refractivity contribution is 6.17. The van der Waals surface area contributed by atoms with E-state index < -0.39 is 11.0 Å². The highest BCUT2D eigenvalue weighted by atomic mass is 35.5. The van der Waals surface area contributed by atoms with Crippen LogP contribution in [0.1, 0.15) is 18.4 Å². The maximum absolute atomic E-state index is 10.4. The van der Waals surface area contributed by atoms with E-state index in [1.54, 1.807) is 12.1 Å². The molecule has 1 saturated heterocycles. The summed E-state index contributed by atoms with van der Waals surface area (Å²) < 4.78 is 0. The molecular formula is C13H18ClN3O5. The van der Waals surface area contributed by atoms with E-state index in [0.717, 1.165) is 18.4 Å². The van der Waals surface area contributed by atoms with Gasteiger partial charge in [-0.1, -0.05) is 12.1 Å². The molecule has 1 atom stereocenters. The first-order valence-electron chi connectivity index (χ1n) is 6.60. The number of amides is 1. The molecule has 1 aromatic carbocycles. The van der Waals surface area contributed by atoms with Gasteiger partial charge in [-0.25, -0.2) is 10.7 Å². The van der Waals surface area contributed by atoms with E-state index in [1.165, 1.54) is 17.0 Å². The zero-order valence-corrected chi connectivity index (χ0v) is 12.6. The van der Waals surface area contributed by atoms with Gasteiger partial charge < -0.3 is 10.0 Å². The molecule has 3 N–H and O–H groups in total. The molecule has 0 unspecified atom stereocenters. The summed E-state index contributed by atoms with van der Waals surface area (Å²) >= 11 is 5.49. The minimum absolute atomic E-state index is 0.0962. The molecule has 0 radical (unpaired) electrons. The number of nitrogens with zero attached hydrogens (tertiary/aromatic N) is 2. The van der Waals surface area contributed by atoms with Gasteiger partial charge in [0.2, 0.25) is 0 Å². The van der Waals surface area contributed by atoms with Crippen molar-refractivity contribution in [1.29, 1.82) is 0 Å². The van der Waals surface area contributed by atoms with Crippen LogP contribution in [0.2, 0.25) is 0 Å². The third-order valence-electron chi connectivity index (χ3n) is 3.14. The van der Waals surface area contributed by atoms with Crippen molar-refractivity contribution in [3.8, 4) is 0 Å². The molecule has 1 aliphatic rings. The molecule has 2 rings (SSSR count). The maximum Gasteiger partial charge on any atom is 0.407 e. The number of nitro benzene ring substituents is 1. The summed E-state index contributed by atoms with van der Waals surface area (Å²) in [5, 5.41) is 18.8. The van der Waals surface area contributed by atoms with Crippen LogP contribution in [0.3, 0.4) is 0 Å². The maximum atomic E-state index is 10.4. The second-order valence-corrected chi connectivity index (χ2v) is 4.95. The molecule has 1 fully saturated rings. The number of non-ortho nitro benzene ring substituents is 1. The minimum Gasteiger partial charge on any atom is -0.465 e. The number of benzene rings is 1. The molecule has 1 heterocycles. The van der Waals surface area contributed by atoms with Gasteiger partial charge in [-0.2, -0.15) is 0 Å². The number of alkyl halides is 1. The first-order valence-corrected chi connectivity index (χ1v) is 7.14. The first-order chi connectivity index (χ1) is 10.5. The fraction of sp³-hybridized carbons (Fsp3) is 0.462. The molecule has 1 aliphatic heterocycles. The lowest BCUT2D eigenvalue weighted by atomic mass is 10.1. The number of rotatable bonds is 3. The Bertz CT molecular complexity index is 497. The Morgan fingerprint density at radius 1 is 1.50 bits per heavy atom. The summed E-state index contributed by atoms with van der Waals surface area (Å²) in [6.07, 6.45) is 0.653. The lowest BCUT2D eigenvalue weighted by Gasteiger charge is -2.28. The highest BCUT2D eigenvalue weighted by Gasteiger charge is 2.22. The first kappa shape index (κ1) is 18.1. The van der Waals surface area contributed by atoms with Crippen LogP contribution in [0.25, 0.3) is 0 Å². The molecule has 8 nitrogen and oxygen atoms in total. The second kappa shape index (κ2) is 9.19. The Labute approximate surface area is 132 Å². The number of nitro groups is 1. The minimum atomic E-state index is -0.897. The second-order valence-electron chi connectivity index (χ2n) is 4.69. The van der Waals surface area contributed by atoms with Crippen LogP contribution < -0.4 is 5.90 Å². The molecule has 0 saturated carbocycles. The number of halogens is 1. The van der Waals surface area contributed by atoms with Crippen molar-refractivity contribution < 1.29 is 19.7 Å². The normalized spacial score (nSPS) is 17.4. The van der Waals surface area contributed by atoms with Crippen LogP contribution in [-0.4, -0.2) is 40.2 Å². The SMILES string of the molecule is NO[C@@H]1CCCN(C(=O)O)C1.O=[N+]([O-])c1ccc(CCl)cc1. The van der Waals surface area contributed by atoms with E-state index in [0.29, 0.717) is 19.0 Å². The fourth-order valence-electron chi connectivity index (χ4n) is 1.93. The lowest BCUT2D eigenvalue weighted by Crippen LogP contribution is -2.43. The van der Waals surface area contributed by atoms with Crippen molar-refractivity contribution in [3.63, 3.8) is 0 Å². The van der Waals surface area contributed by atoms with E-state index in [-0.39, 0.29) is 11.8 Å². The summed E-state index contributed by atoms with van der Waals surface area (Å²) in [5.41, 5.74) is 0.983. The van der Waals surface area contributed by atoms with E-state index in [9.17, 15) is 14.9 Å². The smallest absolute Gasteiger partial charge is 0.407 e. The Morgan fingerprint density at radius 3 is 2.59 bits per heavy atom. The van der Waals surface area contributed by atoms with Crippen molar-refractivity contribution in [2.24, 2.45) is 5.90 Å². The summed E-state index contributed by atoms with van der Waals surface area (Å²) in [7, 11) is 0.